The van der Waals surface area contributed by atoms with Crippen LogP contribution in [0.15, 0.2) is 60.7 Å². The van der Waals surface area contributed by atoms with Crippen LogP contribution in [0.1, 0.15) is 26.3 Å². The summed E-state index contributed by atoms with van der Waals surface area (Å²) >= 11 is 0. The van der Waals surface area contributed by atoms with E-state index in [2.05, 4.69) is 5.32 Å². The summed E-state index contributed by atoms with van der Waals surface area (Å²) in [6.45, 7) is -0.428. The van der Waals surface area contributed by atoms with Crippen LogP contribution in [0.5, 0.6) is 0 Å². The van der Waals surface area contributed by atoms with E-state index in [1.165, 1.54) is 0 Å². The largest absolute Gasteiger partial charge is 0.323 e. The molecule has 0 aromatic heterocycles. The number of amides is 3. The average molecular weight is 355 g/mol. The molecule has 0 radical (unpaired) electrons. The molecule has 0 bridgehead atoms. The molecule has 0 saturated carbocycles. The Kier molecular flexibility index (Phi) is 3.90. The molecule has 0 fully saturated rings. The lowest BCUT2D eigenvalue weighted by molar-refractivity contribution is -0.116. The maximum absolute atomic E-state index is 12.8. The second-order valence-electron chi connectivity index (χ2n) is 6.11. The third-order valence-electron chi connectivity index (χ3n) is 4.48. The fraction of sp³-hybridized carbons (Fsp3) is 0.0476. The molecule has 0 spiro atoms. The van der Waals surface area contributed by atoms with Gasteiger partial charge in [0.25, 0.3) is 11.8 Å². The van der Waals surface area contributed by atoms with Gasteiger partial charge in [0.15, 0.2) is 0 Å². The summed E-state index contributed by atoms with van der Waals surface area (Å²) in [6.07, 6.45) is 0. The van der Waals surface area contributed by atoms with E-state index in [4.69, 9.17) is 5.26 Å². The maximum Gasteiger partial charge on any atom is 0.261 e. The third kappa shape index (κ3) is 2.71. The van der Waals surface area contributed by atoms with Crippen molar-refractivity contribution in [3.63, 3.8) is 0 Å². The molecule has 1 aliphatic rings. The van der Waals surface area contributed by atoms with Crippen molar-refractivity contribution in [3.05, 3.63) is 77.4 Å². The summed E-state index contributed by atoms with van der Waals surface area (Å²) in [5.74, 6) is -1.56. The molecule has 3 amide bonds. The minimum atomic E-state index is -0.550. The number of para-hydroxylation sites is 1. The van der Waals surface area contributed by atoms with Crippen LogP contribution < -0.4 is 5.32 Å². The van der Waals surface area contributed by atoms with Gasteiger partial charge in [-0.25, -0.2) is 0 Å². The van der Waals surface area contributed by atoms with Crippen LogP contribution in [0.25, 0.3) is 10.8 Å². The second-order valence-corrected chi connectivity index (χ2v) is 6.11. The molecule has 3 aromatic carbocycles. The van der Waals surface area contributed by atoms with Gasteiger partial charge in [-0.2, -0.15) is 5.26 Å². The van der Waals surface area contributed by atoms with Crippen LogP contribution in [0.2, 0.25) is 0 Å². The van der Waals surface area contributed by atoms with Gasteiger partial charge in [0.2, 0.25) is 5.91 Å². The van der Waals surface area contributed by atoms with Crippen molar-refractivity contribution in [1.82, 2.24) is 4.90 Å². The van der Waals surface area contributed by atoms with Crippen LogP contribution >= 0.6 is 0 Å². The van der Waals surface area contributed by atoms with Gasteiger partial charge in [0, 0.05) is 16.5 Å². The van der Waals surface area contributed by atoms with Gasteiger partial charge in [-0.15, -0.1) is 0 Å². The Morgan fingerprint density at radius 1 is 0.926 bits per heavy atom. The van der Waals surface area contributed by atoms with E-state index in [0.29, 0.717) is 27.8 Å². The van der Waals surface area contributed by atoms with Gasteiger partial charge in [-0.1, -0.05) is 36.4 Å². The van der Waals surface area contributed by atoms with Crippen molar-refractivity contribution in [2.45, 2.75) is 0 Å². The number of hydrogen-bond acceptors (Lipinski definition) is 4. The van der Waals surface area contributed by atoms with Crippen LogP contribution in [0.3, 0.4) is 0 Å². The van der Waals surface area contributed by atoms with Crippen LogP contribution in [0, 0.1) is 11.3 Å². The molecule has 0 atom stereocenters. The first kappa shape index (κ1) is 16.5. The molecule has 0 unspecified atom stereocenters. The Labute approximate surface area is 154 Å². The number of rotatable bonds is 3. The first-order valence-corrected chi connectivity index (χ1v) is 8.27. The zero-order valence-electron chi connectivity index (χ0n) is 14.1. The Morgan fingerprint density at radius 3 is 2.19 bits per heavy atom. The number of imide groups is 1. The minimum Gasteiger partial charge on any atom is -0.323 e. The van der Waals surface area contributed by atoms with Gasteiger partial charge in [0.1, 0.15) is 12.6 Å². The van der Waals surface area contributed by atoms with Crippen LogP contribution in [0.4, 0.5) is 5.69 Å². The van der Waals surface area contributed by atoms with Crippen molar-refractivity contribution in [3.8, 4) is 6.07 Å². The SMILES string of the molecule is N#Cc1ccccc1NC(=O)CN1C(=O)c2cccc3cccc(c23)C1=O. The topological polar surface area (TPSA) is 90.3 Å². The number of nitrogens with zero attached hydrogens (tertiary/aromatic N) is 2. The van der Waals surface area contributed by atoms with E-state index >= 15 is 0 Å². The molecule has 4 rings (SSSR count). The lowest BCUT2D eigenvalue weighted by Crippen LogP contribution is -2.44. The van der Waals surface area contributed by atoms with Crippen molar-refractivity contribution >= 4 is 34.2 Å². The molecule has 0 aliphatic carbocycles. The maximum atomic E-state index is 12.8. The van der Waals surface area contributed by atoms with E-state index in [9.17, 15) is 14.4 Å². The highest BCUT2D eigenvalue weighted by Gasteiger charge is 2.33. The third-order valence-corrected chi connectivity index (χ3v) is 4.48. The number of nitriles is 1. The number of carbonyl (C=O) groups is 3. The first-order valence-electron chi connectivity index (χ1n) is 8.27. The van der Waals surface area contributed by atoms with Gasteiger partial charge in [-0.05, 0) is 29.7 Å². The Bertz CT molecular complexity index is 1110. The zero-order chi connectivity index (χ0) is 19.0. The Hall–Kier alpha value is -3.98. The van der Waals surface area contributed by atoms with Crippen molar-refractivity contribution in [1.29, 1.82) is 5.26 Å². The molecule has 1 N–H and O–H groups in total. The second kappa shape index (κ2) is 6.39. The molecule has 6 heteroatoms. The fourth-order valence-corrected chi connectivity index (χ4v) is 3.25. The summed E-state index contributed by atoms with van der Waals surface area (Å²) in [7, 11) is 0. The fourth-order valence-electron chi connectivity index (χ4n) is 3.25. The summed E-state index contributed by atoms with van der Waals surface area (Å²) < 4.78 is 0. The zero-order valence-corrected chi connectivity index (χ0v) is 14.1. The number of nitrogens with one attached hydrogen (secondary N) is 1. The van der Waals surface area contributed by atoms with E-state index in [-0.39, 0.29) is 0 Å². The van der Waals surface area contributed by atoms with Gasteiger partial charge < -0.3 is 5.32 Å². The molecule has 130 valence electrons. The highest BCUT2D eigenvalue weighted by Crippen LogP contribution is 2.29. The smallest absolute Gasteiger partial charge is 0.261 e. The van der Waals surface area contributed by atoms with Crippen molar-refractivity contribution in [2.24, 2.45) is 0 Å². The highest BCUT2D eigenvalue weighted by atomic mass is 16.2. The lowest BCUT2D eigenvalue weighted by atomic mass is 9.94. The Morgan fingerprint density at radius 2 is 1.56 bits per heavy atom. The minimum absolute atomic E-state index is 0.303. The first-order chi connectivity index (χ1) is 13.1. The van der Waals surface area contributed by atoms with Gasteiger partial charge >= 0.3 is 0 Å². The molecule has 1 aliphatic heterocycles. The van der Waals surface area contributed by atoms with E-state index in [1.807, 2.05) is 18.2 Å². The highest BCUT2D eigenvalue weighted by molar-refractivity contribution is 6.26. The predicted molar refractivity (Wildman–Crippen MR) is 99.1 cm³/mol. The molecule has 3 aromatic rings. The van der Waals surface area contributed by atoms with Gasteiger partial charge in [0.05, 0.1) is 11.3 Å². The number of hydrogen-bond donors (Lipinski definition) is 1. The normalized spacial score (nSPS) is 12.8. The number of benzene rings is 3. The summed E-state index contributed by atoms with van der Waals surface area (Å²) in [6, 6.07) is 19.0. The summed E-state index contributed by atoms with van der Waals surface area (Å²) in [4.78, 5) is 39.0. The number of anilines is 1. The van der Waals surface area contributed by atoms with Crippen molar-refractivity contribution < 1.29 is 14.4 Å². The average Bonchev–Trinajstić information content (AvgIpc) is 2.69. The standard InChI is InChI=1S/C21H13N3O3/c22-11-14-5-1-2-10-17(14)23-18(25)12-24-20(26)15-8-3-6-13-7-4-9-16(19(13)15)21(24)27/h1-10H,12H2,(H,23,25). The predicted octanol–water partition coefficient (Wildman–Crippen LogP) is 2.95. The summed E-state index contributed by atoms with van der Waals surface area (Å²) in [5.41, 5.74) is 1.43. The van der Waals surface area contributed by atoms with E-state index in [1.54, 1.807) is 48.5 Å². The van der Waals surface area contributed by atoms with Crippen LogP contribution in [-0.4, -0.2) is 29.2 Å². The Balaban J connectivity index is 1.64. The molecule has 1 heterocycles. The molecule has 6 nitrogen and oxygen atoms in total. The van der Waals surface area contributed by atoms with Gasteiger partial charge in [-0.3, -0.25) is 19.3 Å². The molecule has 27 heavy (non-hydrogen) atoms. The lowest BCUT2D eigenvalue weighted by Gasteiger charge is -2.26. The number of carbonyl (C=O) groups excluding carboxylic acids is 3. The molecular weight excluding hydrogens is 342 g/mol. The quantitative estimate of drug-likeness (QED) is 0.732. The summed E-state index contributed by atoms with van der Waals surface area (Å²) in [5, 5.41) is 13.1. The van der Waals surface area contributed by atoms with E-state index in [0.717, 1.165) is 10.3 Å². The van der Waals surface area contributed by atoms with Crippen molar-refractivity contribution in [2.75, 3.05) is 11.9 Å². The van der Waals surface area contributed by atoms with Crippen LogP contribution in [-0.2, 0) is 4.79 Å². The molecule has 0 saturated heterocycles. The molecular formula is C21H13N3O3. The monoisotopic (exact) mass is 355 g/mol. The van der Waals surface area contributed by atoms with E-state index < -0.39 is 24.3 Å².